The maximum Gasteiger partial charge on any atom is 0.106 e. The third kappa shape index (κ3) is 2.71. The Morgan fingerprint density at radius 3 is 1.54 bits per heavy atom. The quantitative estimate of drug-likeness (QED) is 0.367. The van der Waals surface area contributed by atoms with Crippen molar-refractivity contribution in [3.63, 3.8) is 0 Å². The molecule has 4 N–H and O–H groups in total. The molecule has 0 saturated heterocycles. The fourth-order valence-electron chi connectivity index (χ4n) is 3.90. The first kappa shape index (κ1) is 16.8. The lowest BCUT2D eigenvalue weighted by atomic mass is 9.95. The molecular formula is C24H20N2O2. The highest BCUT2D eigenvalue weighted by molar-refractivity contribution is 5.84. The Kier molecular flexibility index (Phi) is 4.01. The van der Waals surface area contributed by atoms with E-state index in [2.05, 4.69) is 9.97 Å². The van der Waals surface area contributed by atoms with Gasteiger partial charge in [0.15, 0.2) is 0 Å². The summed E-state index contributed by atoms with van der Waals surface area (Å²) in [4.78, 5) is 6.41. The van der Waals surface area contributed by atoms with Crippen LogP contribution in [0.25, 0.3) is 21.8 Å². The normalized spacial score (nSPS) is 13.8. The number of aromatic nitrogens is 2. The molecule has 4 heteroatoms. The second kappa shape index (κ2) is 6.68. The highest BCUT2D eigenvalue weighted by atomic mass is 16.3. The summed E-state index contributed by atoms with van der Waals surface area (Å²) >= 11 is 0. The smallest absolute Gasteiger partial charge is 0.106 e. The summed E-state index contributed by atoms with van der Waals surface area (Å²) < 4.78 is 0. The maximum absolute atomic E-state index is 11.0. The number of benzene rings is 3. The molecule has 0 spiro atoms. The van der Waals surface area contributed by atoms with Crippen molar-refractivity contribution >= 4 is 21.8 Å². The fraction of sp³-hybridized carbons (Fsp3) is 0.0833. The molecule has 3 aromatic carbocycles. The van der Waals surface area contributed by atoms with Crippen molar-refractivity contribution in [3.8, 4) is 0 Å². The van der Waals surface area contributed by atoms with Crippen molar-refractivity contribution in [1.82, 2.24) is 9.97 Å². The first-order valence-corrected chi connectivity index (χ1v) is 9.30. The Labute approximate surface area is 162 Å². The molecule has 138 valence electrons. The van der Waals surface area contributed by atoms with Crippen LogP contribution in [-0.4, -0.2) is 20.2 Å². The van der Waals surface area contributed by atoms with Gasteiger partial charge in [-0.15, -0.1) is 0 Å². The molecular weight excluding hydrogens is 348 g/mol. The van der Waals surface area contributed by atoms with Crippen LogP contribution < -0.4 is 0 Å². The lowest BCUT2D eigenvalue weighted by Crippen LogP contribution is -2.03. The third-order valence-electron chi connectivity index (χ3n) is 5.37. The molecule has 0 radical (unpaired) electrons. The van der Waals surface area contributed by atoms with Gasteiger partial charge in [0, 0.05) is 45.3 Å². The van der Waals surface area contributed by atoms with E-state index in [1.165, 1.54) is 0 Å². The van der Waals surface area contributed by atoms with Crippen LogP contribution in [-0.2, 0) is 0 Å². The van der Waals surface area contributed by atoms with Crippen molar-refractivity contribution in [1.29, 1.82) is 0 Å². The molecule has 4 nitrogen and oxygen atoms in total. The van der Waals surface area contributed by atoms with Crippen molar-refractivity contribution < 1.29 is 10.2 Å². The largest absolute Gasteiger partial charge is 0.384 e. The van der Waals surface area contributed by atoms with Gasteiger partial charge < -0.3 is 20.2 Å². The predicted molar refractivity (Wildman–Crippen MR) is 111 cm³/mol. The molecule has 5 aromatic rings. The average Bonchev–Trinajstić information content (AvgIpc) is 3.37. The van der Waals surface area contributed by atoms with Crippen LogP contribution in [0.5, 0.6) is 0 Å². The van der Waals surface area contributed by atoms with Gasteiger partial charge in [-0.25, -0.2) is 0 Å². The van der Waals surface area contributed by atoms with Crippen LogP contribution in [0, 0.1) is 0 Å². The molecule has 5 rings (SSSR count). The molecule has 2 atom stereocenters. The number of fused-ring (bicyclic) bond motifs is 2. The van der Waals surface area contributed by atoms with Crippen LogP contribution in [0.3, 0.4) is 0 Å². The zero-order valence-electron chi connectivity index (χ0n) is 15.1. The lowest BCUT2D eigenvalue weighted by Gasteiger charge is -2.15. The van der Waals surface area contributed by atoms with E-state index in [-0.39, 0.29) is 0 Å². The first-order valence-electron chi connectivity index (χ1n) is 9.30. The van der Waals surface area contributed by atoms with E-state index < -0.39 is 12.2 Å². The van der Waals surface area contributed by atoms with Crippen molar-refractivity contribution in [2.24, 2.45) is 0 Å². The molecule has 0 amide bonds. The standard InChI is InChI=1S/C24H20N2O2/c27-23(19-13-25-21-10-3-1-8-17(19)21)15-6-5-7-16(12-15)24(28)20-14-26-22-11-4-2-9-18(20)22/h1-14,23-28H. The molecule has 2 heterocycles. The number of hydrogen-bond acceptors (Lipinski definition) is 2. The summed E-state index contributed by atoms with van der Waals surface area (Å²) in [5, 5.41) is 24.0. The van der Waals surface area contributed by atoms with Gasteiger partial charge in [-0.3, -0.25) is 0 Å². The van der Waals surface area contributed by atoms with E-state index in [0.29, 0.717) is 0 Å². The van der Waals surface area contributed by atoms with Gasteiger partial charge in [-0.2, -0.15) is 0 Å². The van der Waals surface area contributed by atoms with E-state index in [1.54, 1.807) is 0 Å². The molecule has 2 unspecified atom stereocenters. The summed E-state index contributed by atoms with van der Waals surface area (Å²) in [5.74, 6) is 0. The van der Waals surface area contributed by atoms with Gasteiger partial charge in [-0.05, 0) is 29.3 Å². The van der Waals surface area contributed by atoms with Crippen molar-refractivity contribution in [2.45, 2.75) is 12.2 Å². The number of para-hydroxylation sites is 2. The minimum atomic E-state index is -0.772. The number of hydrogen-bond donors (Lipinski definition) is 4. The Hall–Kier alpha value is -3.34. The van der Waals surface area contributed by atoms with Gasteiger partial charge in [0.25, 0.3) is 0 Å². The second-order valence-electron chi connectivity index (χ2n) is 7.05. The molecule has 0 aliphatic rings. The molecule has 0 bridgehead atoms. The van der Waals surface area contributed by atoms with Gasteiger partial charge in [-0.1, -0.05) is 54.6 Å². The minimum absolute atomic E-state index is 0.751. The molecule has 2 aromatic heterocycles. The van der Waals surface area contributed by atoms with Crippen molar-refractivity contribution in [2.75, 3.05) is 0 Å². The van der Waals surface area contributed by atoms with E-state index >= 15 is 0 Å². The molecule has 0 fully saturated rings. The summed E-state index contributed by atoms with van der Waals surface area (Å²) in [6.45, 7) is 0. The predicted octanol–water partition coefficient (Wildman–Crippen LogP) is 4.81. The van der Waals surface area contributed by atoms with Crippen LogP contribution in [0.2, 0.25) is 0 Å². The summed E-state index contributed by atoms with van der Waals surface area (Å²) in [5.41, 5.74) is 5.14. The van der Waals surface area contributed by atoms with Gasteiger partial charge in [0.05, 0.1) is 0 Å². The number of H-pyrrole nitrogens is 2. The van der Waals surface area contributed by atoms with E-state index in [0.717, 1.165) is 44.1 Å². The van der Waals surface area contributed by atoms with Crippen LogP contribution in [0.4, 0.5) is 0 Å². The van der Waals surface area contributed by atoms with Gasteiger partial charge >= 0.3 is 0 Å². The van der Waals surface area contributed by atoms with Gasteiger partial charge in [0.1, 0.15) is 12.2 Å². The summed E-state index contributed by atoms with van der Waals surface area (Å²) in [6, 6.07) is 23.3. The first-order chi connectivity index (χ1) is 13.7. The zero-order chi connectivity index (χ0) is 19.1. The molecule has 0 aliphatic heterocycles. The van der Waals surface area contributed by atoms with Crippen molar-refractivity contribution in [3.05, 3.63) is 107 Å². The van der Waals surface area contributed by atoms with E-state index in [4.69, 9.17) is 0 Å². The minimum Gasteiger partial charge on any atom is -0.384 e. The number of aromatic amines is 2. The number of aliphatic hydroxyl groups excluding tert-OH is 2. The number of aliphatic hydroxyl groups is 2. The topological polar surface area (TPSA) is 72.0 Å². The van der Waals surface area contributed by atoms with Crippen LogP contribution in [0.1, 0.15) is 34.5 Å². The lowest BCUT2D eigenvalue weighted by molar-refractivity contribution is 0.215. The van der Waals surface area contributed by atoms with Crippen LogP contribution >= 0.6 is 0 Å². The zero-order valence-corrected chi connectivity index (χ0v) is 15.1. The summed E-state index contributed by atoms with van der Waals surface area (Å²) in [7, 11) is 0. The van der Waals surface area contributed by atoms with E-state index in [9.17, 15) is 10.2 Å². The highest BCUT2D eigenvalue weighted by Gasteiger charge is 2.19. The maximum atomic E-state index is 11.0. The monoisotopic (exact) mass is 368 g/mol. The summed E-state index contributed by atoms with van der Waals surface area (Å²) in [6.07, 6.45) is 2.15. The molecule has 0 saturated carbocycles. The van der Waals surface area contributed by atoms with E-state index in [1.807, 2.05) is 85.2 Å². The Balaban J connectivity index is 1.52. The number of nitrogens with one attached hydrogen (secondary N) is 2. The molecule has 0 aliphatic carbocycles. The SMILES string of the molecule is OC(c1cccc(C(O)c2c[nH]c3ccccc23)c1)c1c[nH]c2ccccc12. The highest BCUT2D eigenvalue weighted by Crippen LogP contribution is 2.33. The fourth-order valence-corrected chi connectivity index (χ4v) is 3.90. The third-order valence-corrected chi connectivity index (χ3v) is 5.37. The second-order valence-corrected chi connectivity index (χ2v) is 7.05. The van der Waals surface area contributed by atoms with Gasteiger partial charge in [0.2, 0.25) is 0 Å². The Bertz CT molecular complexity index is 1170. The Morgan fingerprint density at radius 2 is 1.04 bits per heavy atom. The Morgan fingerprint density at radius 1 is 0.571 bits per heavy atom. The average molecular weight is 368 g/mol. The number of rotatable bonds is 4. The van der Waals surface area contributed by atoms with Crippen LogP contribution in [0.15, 0.2) is 85.2 Å². The molecule has 28 heavy (non-hydrogen) atoms.